The lowest BCUT2D eigenvalue weighted by Crippen LogP contribution is -2.61. The Bertz CT molecular complexity index is 1740. The van der Waals surface area contributed by atoms with Gasteiger partial charge in [0.15, 0.2) is 23.2 Å². The van der Waals surface area contributed by atoms with E-state index in [9.17, 15) is 33.8 Å². The Balaban J connectivity index is 1.28. The predicted octanol–water partition coefficient (Wildman–Crippen LogP) is 2.40. The van der Waals surface area contributed by atoms with Gasteiger partial charge in [-0.25, -0.2) is 23.4 Å². The molecule has 3 aromatic rings. The van der Waals surface area contributed by atoms with Gasteiger partial charge in [0.1, 0.15) is 22.9 Å². The monoisotopic (exact) mass is 627 g/mol. The highest BCUT2D eigenvalue weighted by atomic mass is 19.1. The minimum atomic E-state index is -1.74. The van der Waals surface area contributed by atoms with Gasteiger partial charge in [0.25, 0.3) is 0 Å². The Morgan fingerprint density at radius 2 is 1.89 bits per heavy atom. The fourth-order valence-electron chi connectivity index (χ4n) is 5.82. The van der Waals surface area contributed by atoms with Gasteiger partial charge in [-0.3, -0.25) is 14.5 Å². The molecule has 2 atom stereocenters. The number of aliphatic hydroxyl groups is 1. The first-order valence-corrected chi connectivity index (χ1v) is 14.5. The zero-order valence-corrected chi connectivity index (χ0v) is 24.2. The summed E-state index contributed by atoms with van der Waals surface area (Å²) in [5, 5.41) is 23.8. The maximum atomic E-state index is 15.5. The van der Waals surface area contributed by atoms with E-state index in [-0.39, 0.29) is 73.6 Å². The summed E-state index contributed by atoms with van der Waals surface area (Å²) in [7, 11) is 0. The maximum Gasteiger partial charge on any atom is 0.413 e. The highest BCUT2D eigenvalue weighted by molar-refractivity contribution is 5.92. The normalized spacial score (nSPS) is 20.2. The number of benzene rings is 1. The number of nitrogens with one attached hydrogen (secondary N) is 1. The molecular weight excluding hydrogens is 596 g/mol. The van der Waals surface area contributed by atoms with Crippen molar-refractivity contribution in [2.24, 2.45) is 0 Å². The molecule has 2 aliphatic heterocycles. The zero-order valence-electron chi connectivity index (χ0n) is 24.2. The lowest BCUT2D eigenvalue weighted by Gasteiger charge is -2.45. The number of piperidine rings is 1. The smallest absolute Gasteiger partial charge is 0.413 e. The van der Waals surface area contributed by atoms with Crippen molar-refractivity contribution in [1.29, 1.82) is 0 Å². The van der Waals surface area contributed by atoms with Crippen LogP contribution in [0.25, 0.3) is 11.0 Å². The number of fused-ring (bicyclic) bond motifs is 1. The number of cyclic esters (lactones) is 1. The van der Waals surface area contributed by atoms with Crippen molar-refractivity contribution in [2.75, 3.05) is 31.1 Å². The van der Waals surface area contributed by atoms with E-state index < -0.39 is 52.6 Å². The molecule has 15 heteroatoms. The van der Waals surface area contributed by atoms with Crippen LogP contribution in [0.4, 0.5) is 19.4 Å². The average Bonchev–Trinajstić information content (AvgIpc) is 3.78. The maximum absolute atomic E-state index is 15.5. The molecule has 4 heterocycles. The molecule has 1 unspecified atom stereocenters. The van der Waals surface area contributed by atoms with Crippen LogP contribution in [0.2, 0.25) is 0 Å². The number of carboxylic acid groups (broad SMARTS) is 1. The third-order valence-electron chi connectivity index (χ3n) is 8.34. The second-order valence-electron chi connectivity index (χ2n) is 11.6. The third kappa shape index (κ3) is 5.87. The second-order valence-corrected chi connectivity index (χ2v) is 11.6. The standard InChI is InChI=1S/C30H31F2N5O8/c1-16(38)33-13-18-14-37(29(42)44-18)28(45-23-5-3-2-4-21(23)31)30(43)8-10-35(11-9-30)26-22(32)12-19-24(39)20(27(40)41)15-36(17-6-7-17)25(19)34-26/h2-5,12,15,17-18,28,43H,6-11,13-14H2,1H3,(H,33,38)(H,40,41)/t18-,28?/m0/s1. The molecule has 0 radical (unpaired) electrons. The number of nitrogens with zero attached hydrogens (tertiary/aromatic N) is 4. The van der Waals surface area contributed by atoms with E-state index >= 15 is 4.39 Å². The summed E-state index contributed by atoms with van der Waals surface area (Å²) in [6.07, 6.45) is -0.297. The number of aromatic nitrogens is 2. The number of ether oxygens (including phenoxy) is 2. The number of carbonyl (C=O) groups excluding carboxylic acids is 2. The van der Waals surface area contributed by atoms with E-state index in [2.05, 4.69) is 10.3 Å². The van der Waals surface area contributed by atoms with Crippen LogP contribution in [0.15, 0.2) is 41.3 Å². The van der Waals surface area contributed by atoms with Crippen molar-refractivity contribution < 1.29 is 42.9 Å². The molecule has 238 valence electrons. The van der Waals surface area contributed by atoms with Crippen molar-refractivity contribution in [3.63, 3.8) is 0 Å². The topological polar surface area (TPSA) is 164 Å². The van der Waals surface area contributed by atoms with Crippen LogP contribution in [-0.2, 0) is 9.53 Å². The van der Waals surface area contributed by atoms with E-state index in [1.54, 1.807) is 15.5 Å². The summed E-state index contributed by atoms with van der Waals surface area (Å²) in [5.41, 5.74) is -2.87. The van der Waals surface area contributed by atoms with Gasteiger partial charge in [-0.1, -0.05) is 12.1 Å². The van der Waals surface area contributed by atoms with Crippen molar-refractivity contribution >= 4 is 34.8 Å². The van der Waals surface area contributed by atoms with Gasteiger partial charge in [0.05, 0.1) is 18.5 Å². The summed E-state index contributed by atoms with van der Waals surface area (Å²) >= 11 is 0. The molecule has 1 aliphatic carbocycles. The molecular formula is C30H31F2N5O8. The number of halogens is 2. The number of amides is 2. The molecule has 2 saturated heterocycles. The van der Waals surface area contributed by atoms with Gasteiger partial charge in [-0.05, 0) is 43.9 Å². The Labute approximate surface area is 255 Å². The third-order valence-corrected chi connectivity index (χ3v) is 8.34. The van der Waals surface area contributed by atoms with Crippen LogP contribution in [0, 0.1) is 11.6 Å². The van der Waals surface area contributed by atoms with Gasteiger partial charge >= 0.3 is 12.1 Å². The summed E-state index contributed by atoms with van der Waals surface area (Å²) in [6.45, 7) is 1.39. The molecule has 0 spiro atoms. The van der Waals surface area contributed by atoms with Gasteiger partial charge in [-0.15, -0.1) is 0 Å². The number of rotatable bonds is 9. The number of hydrogen-bond donors (Lipinski definition) is 3. The molecule has 6 rings (SSSR count). The molecule has 2 amide bonds. The van der Waals surface area contributed by atoms with Crippen LogP contribution in [0.5, 0.6) is 5.75 Å². The van der Waals surface area contributed by atoms with Gasteiger partial charge in [0.2, 0.25) is 17.6 Å². The second kappa shape index (κ2) is 11.6. The van der Waals surface area contributed by atoms with E-state index in [4.69, 9.17) is 9.47 Å². The summed E-state index contributed by atoms with van der Waals surface area (Å²) < 4.78 is 43.1. The average molecular weight is 628 g/mol. The van der Waals surface area contributed by atoms with Crippen molar-refractivity contribution in [2.45, 2.75) is 56.6 Å². The number of aromatic carboxylic acids is 1. The Kier molecular flexibility index (Phi) is 7.81. The Morgan fingerprint density at radius 3 is 2.53 bits per heavy atom. The molecule has 3 fully saturated rings. The van der Waals surface area contributed by atoms with Crippen LogP contribution < -0.4 is 20.4 Å². The van der Waals surface area contributed by atoms with E-state index in [0.29, 0.717) is 0 Å². The fraction of sp³-hybridized carbons (Fsp3) is 0.433. The Morgan fingerprint density at radius 1 is 1.18 bits per heavy atom. The van der Waals surface area contributed by atoms with Crippen molar-refractivity contribution in [3.05, 3.63) is 63.9 Å². The summed E-state index contributed by atoms with van der Waals surface area (Å²) in [5.74, 6) is -3.55. The minimum Gasteiger partial charge on any atom is -0.477 e. The molecule has 0 bridgehead atoms. The lowest BCUT2D eigenvalue weighted by molar-refractivity contribution is -0.129. The first kappa shape index (κ1) is 30.2. The highest BCUT2D eigenvalue weighted by Crippen LogP contribution is 2.38. The molecule has 1 aromatic carbocycles. The number of carboxylic acids is 1. The quantitative estimate of drug-likeness (QED) is 0.321. The summed E-state index contributed by atoms with van der Waals surface area (Å²) in [4.78, 5) is 56.0. The summed E-state index contributed by atoms with van der Waals surface area (Å²) in [6, 6.07) is 6.48. The number of pyridine rings is 2. The lowest BCUT2D eigenvalue weighted by atomic mass is 9.88. The zero-order chi connectivity index (χ0) is 32.0. The molecule has 13 nitrogen and oxygen atoms in total. The number of anilines is 1. The van der Waals surface area contributed by atoms with Gasteiger partial charge < -0.3 is 34.5 Å². The van der Waals surface area contributed by atoms with E-state index in [0.717, 1.165) is 23.8 Å². The van der Waals surface area contributed by atoms with Gasteiger partial charge in [-0.2, -0.15) is 0 Å². The Hall–Kier alpha value is -4.79. The molecule has 3 aliphatic rings. The molecule has 45 heavy (non-hydrogen) atoms. The largest absolute Gasteiger partial charge is 0.477 e. The first-order chi connectivity index (χ1) is 21.4. The number of hydrogen-bond acceptors (Lipinski definition) is 9. The molecule has 3 N–H and O–H groups in total. The van der Waals surface area contributed by atoms with Gasteiger partial charge in [0, 0.05) is 32.3 Å². The van der Waals surface area contributed by atoms with E-state index in [1.165, 1.54) is 31.3 Å². The van der Waals surface area contributed by atoms with Crippen molar-refractivity contribution in [3.8, 4) is 5.75 Å². The molecule has 2 aromatic heterocycles. The van der Waals surface area contributed by atoms with Crippen LogP contribution in [0.3, 0.4) is 0 Å². The highest BCUT2D eigenvalue weighted by Gasteiger charge is 2.50. The molecule has 1 saturated carbocycles. The number of carbonyl (C=O) groups is 3. The van der Waals surface area contributed by atoms with Crippen LogP contribution >= 0.6 is 0 Å². The first-order valence-electron chi connectivity index (χ1n) is 14.5. The fourth-order valence-corrected chi connectivity index (χ4v) is 5.82. The van der Waals surface area contributed by atoms with E-state index in [1.807, 2.05) is 0 Å². The van der Waals surface area contributed by atoms with Crippen LogP contribution in [0.1, 0.15) is 49.0 Å². The minimum absolute atomic E-state index is 0.0308. The number of para-hydroxylation sites is 1. The SMILES string of the molecule is CC(=O)NC[C@H]1CN(C(Oc2ccccc2F)C2(O)CCN(c3nc4c(cc3F)c(=O)c(C(=O)O)cn4C3CC3)CC2)C(=O)O1. The predicted molar refractivity (Wildman–Crippen MR) is 154 cm³/mol. The van der Waals surface area contributed by atoms with Crippen LogP contribution in [-0.4, -0.2) is 86.7 Å². The van der Waals surface area contributed by atoms with Crippen molar-refractivity contribution in [1.82, 2.24) is 19.8 Å².